The smallest absolute Gasteiger partial charge is 0.0950 e. The molecule has 0 radical (unpaired) electrons. The van der Waals surface area contributed by atoms with Crippen LogP contribution >= 0.6 is 0 Å². The first-order chi connectivity index (χ1) is 4.34. The average Bonchev–Trinajstić information content (AvgIpc) is 2.37. The maximum atomic E-state index is 5.48. The van der Waals surface area contributed by atoms with Gasteiger partial charge >= 0.3 is 0 Å². The molecule has 50 valence electrons. The zero-order valence-electron chi connectivity index (χ0n) is 4.96. The van der Waals surface area contributed by atoms with Crippen LogP contribution in [-0.2, 0) is 0 Å². The number of H-pyrrole nitrogens is 1. The Morgan fingerprint density at radius 1 is 1.67 bits per heavy atom. The van der Waals surface area contributed by atoms with E-state index in [-0.39, 0.29) is 6.17 Å². The van der Waals surface area contributed by atoms with Crippen molar-refractivity contribution in [2.75, 3.05) is 0 Å². The van der Waals surface area contributed by atoms with E-state index in [4.69, 9.17) is 11.6 Å². The maximum Gasteiger partial charge on any atom is 0.0950 e. The highest BCUT2D eigenvalue weighted by Gasteiger charge is 2.00. The number of hydrogen-bond donors (Lipinski definition) is 4. The van der Waals surface area contributed by atoms with Gasteiger partial charge in [-0.1, -0.05) is 0 Å². The van der Waals surface area contributed by atoms with Crippen molar-refractivity contribution in [3.05, 3.63) is 24.0 Å². The Kier molecular flexibility index (Phi) is 1.84. The fraction of sp³-hybridized carbons (Fsp3) is 0.200. The molecular weight excluding hydrogens is 116 g/mol. The van der Waals surface area contributed by atoms with Gasteiger partial charge in [-0.2, -0.15) is 0 Å². The Morgan fingerprint density at radius 2 is 2.44 bits per heavy atom. The highest BCUT2D eigenvalue weighted by Crippen LogP contribution is 2.02. The van der Waals surface area contributed by atoms with E-state index >= 15 is 0 Å². The quantitative estimate of drug-likeness (QED) is 0.243. The van der Waals surface area contributed by atoms with E-state index in [1.54, 1.807) is 12.4 Å². The number of nitrogens with two attached hydrogens (primary N) is 2. The second kappa shape index (κ2) is 2.63. The average molecular weight is 126 g/mol. The third-order valence-electron chi connectivity index (χ3n) is 1.16. The fourth-order valence-electron chi connectivity index (χ4n) is 0.626. The summed E-state index contributed by atoms with van der Waals surface area (Å²) in [5, 5.41) is 0. The molecule has 9 heavy (non-hydrogen) atoms. The van der Waals surface area contributed by atoms with Crippen LogP contribution in [0.2, 0.25) is 0 Å². The summed E-state index contributed by atoms with van der Waals surface area (Å²) in [6.07, 6.45) is 3.33. The molecule has 1 heterocycles. The summed E-state index contributed by atoms with van der Waals surface area (Å²) in [6.45, 7) is 0. The van der Waals surface area contributed by atoms with Crippen molar-refractivity contribution < 1.29 is 0 Å². The Balaban J connectivity index is 2.65. The first kappa shape index (κ1) is 6.28. The van der Waals surface area contributed by atoms with E-state index in [1.165, 1.54) is 0 Å². The highest BCUT2D eigenvalue weighted by atomic mass is 15.3. The Hall–Kier alpha value is -0.840. The van der Waals surface area contributed by atoms with Crippen LogP contribution in [0.4, 0.5) is 0 Å². The topological polar surface area (TPSA) is 79.9 Å². The number of aromatic nitrogens is 1. The molecule has 0 saturated heterocycles. The van der Waals surface area contributed by atoms with Gasteiger partial charge in [-0.3, -0.25) is 5.84 Å². The molecular formula is C5H10N4. The number of nitrogens with one attached hydrogen (secondary N) is 2. The van der Waals surface area contributed by atoms with Gasteiger partial charge in [0.1, 0.15) is 0 Å². The third kappa shape index (κ3) is 1.29. The molecule has 0 aromatic carbocycles. The van der Waals surface area contributed by atoms with E-state index in [1.807, 2.05) is 6.07 Å². The Morgan fingerprint density at radius 3 is 2.89 bits per heavy atom. The van der Waals surface area contributed by atoms with Crippen LogP contribution in [0.25, 0.3) is 0 Å². The van der Waals surface area contributed by atoms with Crippen molar-refractivity contribution in [2.45, 2.75) is 6.17 Å². The zero-order chi connectivity index (χ0) is 6.69. The standard InChI is InChI=1S/C5H10N4/c6-5(9-7)4-1-2-8-3-4/h1-3,5,8-9H,6-7H2. The lowest BCUT2D eigenvalue weighted by Crippen LogP contribution is -2.33. The van der Waals surface area contributed by atoms with Gasteiger partial charge in [0.2, 0.25) is 0 Å². The predicted octanol–water partition coefficient (Wildman–Crippen LogP) is -0.565. The first-order valence-corrected chi connectivity index (χ1v) is 2.69. The lowest BCUT2D eigenvalue weighted by atomic mass is 10.3. The molecule has 4 nitrogen and oxygen atoms in total. The summed E-state index contributed by atoms with van der Waals surface area (Å²) in [5.41, 5.74) is 8.86. The molecule has 0 spiro atoms. The van der Waals surface area contributed by atoms with Crippen LogP contribution in [0.3, 0.4) is 0 Å². The number of rotatable bonds is 2. The monoisotopic (exact) mass is 126 g/mol. The molecule has 0 amide bonds. The zero-order valence-corrected chi connectivity index (χ0v) is 4.96. The van der Waals surface area contributed by atoms with Gasteiger partial charge in [-0.05, 0) is 6.07 Å². The predicted molar refractivity (Wildman–Crippen MR) is 35.0 cm³/mol. The number of aromatic amines is 1. The van der Waals surface area contributed by atoms with Crippen molar-refractivity contribution in [1.82, 2.24) is 10.4 Å². The molecule has 1 atom stereocenters. The lowest BCUT2D eigenvalue weighted by Gasteiger charge is -2.05. The molecule has 4 heteroatoms. The molecule has 0 aliphatic heterocycles. The molecule has 1 unspecified atom stereocenters. The first-order valence-electron chi connectivity index (χ1n) is 2.69. The molecule has 1 aromatic rings. The van der Waals surface area contributed by atoms with Gasteiger partial charge in [0.15, 0.2) is 0 Å². The summed E-state index contributed by atoms with van der Waals surface area (Å²) in [7, 11) is 0. The van der Waals surface area contributed by atoms with Gasteiger partial charge < -0.3 is 10.7 Å². The largest absolute Gasteiger partial charge is 0.367 e. The van der Waals surface area contributed by atoms with E-state index in [2.05, 4.69) is 10.4 Å². The van der Waals surface area contributed by atoms with E-state index in [9.17, 15) is 0 Å². The van der Waals surface area contributed by atoms with Crippen LogP contribution in [0.15, 0.2) is 18.5 Å². The van der Waals surface area contributed by atoms with Gasteiger partial charge in [0.05, 0.1) is 6.17 Å². The molecule has 0 bridgehead atoms. The van der Waals surface area contributed by atoms with Crippen LogP contribution in [0, 0.1) is 0 Å². The summed E-state index contributed by atoms with van der Waals surface area (Å²) < 4.78 is 0. The normalized spacial score (nSPS) is 13.6. The molecule has 0 fully saturated rings. The number of hydrazine groups is 1. The van der Waals surface area contributed by atoms with Crippen molar-refractivity contribution in [1.29, 1.82) is 0 Å². The lowest BCUT2D eigenvalue weighted by molar-refractivity contribution is 0.577. The minimum atomic E-state index is -0.267. The Bertz CT molecular complexity index is 157. The summed E-state index contributed by atoms with van der Waals surface area (Å²) in [4.78, 5) is 2.87. The molecule has 1 rings (SSSR count). The minimum Gasteiger partial charge on any atom is -0.367 e. The second-order valence-corrected chi connectivity index (χ2v) is 1.79. The van der Waals surface area contributed by atoms with Crippen LogP contribution in [0.5, 0.6) is 0 Å². The molecule has 0 aliphatic carbocycles. The minimum absolute atomic E-state index is 0.267. The van der Waals surface area contributed by atoms with Crippen molar-refractivity contribution in [3.8, 4) is 0 Å². The van der Waals surface area contributed by atoms with Crippen molar-refractivity contribution >= 4 is 0 Å². The molecule has 6 N–H and O–H groups in total. The molecule has 0 saturated carbocycles. The SMILES string of the molecule is NNC(N)c1cc[nH]c1. The third-order valence-corrected chi connectivity index (χ3v) is 1.16. The molecule has 1 aromatic heterocycles. The van der Waals surface area contributed by atoms with E-state index in [0.29, 0.717) is 0 Å². The van der Waals surface area contributed by atoms with Gasteiger partial charge in [0, 0.05) is 18.0 Å². The van der Waals surface area contributed by atoms with Gasteiger partial charge in [0.25, 0.3) is 0 Å². The fourth-order valence-corrected chi connectivity index (χ4v) is 0.626. The van der Waals surface area contributed by atoms with E-state index < -0.39 is 0 Å². The summed E-state index contributed by atoms with van der Waals surface area (Å²) in [6, 6.07) is 1.87. The summed E-state index contributed by atoms with van der Waals surface area (Å²) in [5.74, 6) is 5.07. The maximum absolute atomic E-state index is 5.48. The summed E-state index contributed by atoms with van der Waals surface area (Å²) >= 11 is 0. The van der Waals surface area contributed by atoms with E-state index in [0.717, 1.165) is 5.56 Å². The Labute approximate surface area is 53.2 Å². The molecule has 0 aliphatic rings. The van der Waals surface area contributed by atoms with Gasteiger partial charge in [-0.15, -0.1) is 0 Å². The number of hydrogen-bond acceptors (Lipinski definition) is 3. The van der Waals surface area contributed by atoms with Crippen molar-refractivity contribution in [2.24, 2.45) is 11.6 Å². The van der Waals surface area contributed by atoms with Crippen LogP contribution in [0.1, 0.15) is 11.7 Å². The van der Waals surface area contributed by atoms with Crippen LogP contribution in [-0.4, -0.2) is 4.98 Å². The highest BCUT2D eigenvalue weighted by molar-refractivity contribution is 5.11. The van der Waals surface area contributed by atoms with Crippen LogP contribution < -0.4 is 17.0 Å². The van der Waals surface area contributed by atoms with Crippen molar-refractivity contribution in [3.63, 3.8) is 0 Å². The second-order valence-electron chi connectivity index (χ2n) is 1.79. The van der Waals surface area contributed by atoms with Gasteiger partial charge in [-0.25, -0.2) is 5.43 Å².